The second kappa shape index (κ2) is 3.99. The van der Waals surface area contributed by atoms with E-state index < -0.39 is 11.0 Å². The van der Waals surface area contributed by atoms with E-state index in [4.69, 9.17) is 0 Å². The summed E-state index contributed by atoms with van der Waals surface area (Å²) in [6.07, 6.45) is -0.398. The Balaban J connectivity index is 2.48. The van der Waals surface area contributed by atoms with Crippen LogP contribution >= 0.6 is 0 Å². The van der Waals surface area contributed by atoms with Crippen LogP contribution in [0.4, 0.5) is 11.5 Å². The minimum atomic E-state index is -0.402. The fraction of sp³-hybridized carbons (Fsp3) is 0.700. The van der Waals surface area contributed by atoms with Crippen molar-refractivity contribution >= 4 is 11.5 Å². The number of hydrogen-bond donors (Lipinski definition) is 1. The summed E-state index contributed by atoms with van der Waals surface area (Å²) in [6, 6.07) is 0.0511. The number of rotatable bonds is 3. The van der Waals surface area contributed by atoms with Gasteiger partial charge in [-0.05, 0) is 20.8 Å². The molecule has 7 nitrogen and oxygen atoms in total. The number of aliphatic hydroxyl groups is 1. The third kappa shape index (κ3) is 1.86. The second-order valence-corrected chi connectivity index (χ2v) is 4.61. The summed E-state index contributed by atoms with van der Waals surface area (Å²) in [5.41, 5.74) is 0.464. The first kappa shape index (κ1) is 11.8. The summed E-state index contributed by atoms with van der Waals surface area (Å²) >= 11 is 0. The molecule has 7 heteroatoms. The lowest BCUT2D eigenvalue weighted by atomic mass is 10.1. The van der Waals surface area contributed by atoms with Crippen LogP contribution in [0.2, 0.25) is 0 Å². The standard InChI is InChI=1S/C10H16N4O3/c1-6(2)13-10(12-4-8(15)5-12)9(14(16)17)7(3)11-13/h6,8,15H,4-5H2,1-3H3. The normalized spacial score (nSPS) is 16.4. The van der Waals surface area contributed by atoms with E-state index in [9.17, 15) is 15.2 Å². The monoisotopic (exact) mass is 240 g/mol. The minimum Gasteiger partial charge on any atom is -0.389 e. The van der Waals surface area contributed by atoms with E-state index in [1.54, 1.807) is 16.5 Å². The van der Waals surface area contributed by atoms with Gasteiger partial charge in [0, 0.05) is 19.1 Å². The van der Waals surface area contributed by atoms with Gasteiger partial charge >= 0.3 is 5.69 Å². The molecule has 0 spiro atoms. The third-order valence-electron chi connectivity index (χ3n) is 2.86. The maximum Gasteiger partial charge on any atom is 0.333 e. The van der Waals surface area contributed by atoms with Gasteiger partial charge in [-0.25, -0.2) is 4.68 Å². The number of β-amino-alcohol motifs (C(OH)–C–C–N with tert-alkyl or cyclic N) is 1. The van der Waals surface area contributed by atoms with Crippen molar-refractivity contribution in [3.05, 3.63) is 15.8 Å². The maximum absolute atomic E-state index is 11.1. The summed E-state index contributed by atoms with van der Waals surface area (Å²) in [4.78, 5) is 12.5. The molecule has 1 aromatic heterocycles. The number of nitrogens with zero attached hydrogens (tertiary/aromatic N) is 4. The molecule has 1 saturated heterocycles. The molecule has 0 saturated carbocycles. The van der Waals surface area contributed by atoms with Crippen LogP contribution in [0.15, 0.2) is 0 Å². The van der Waals surface area contributed by atoms with E-state index in [0.29, 0.717) is 24.6 Å². The van der Waals surface area contributed by atoms with E-state index in [2.05, 4.69) is 5.10 Å². The summed E-state index contributed by atoms with van der Waals surface area (Å²) in [7, 11) is 0. The fourth-order valence-corrected chi connectivity index (χ4v) is 2.02. The highest BCUT2D eigenvalue weighted by atomic mass is 16.6. The molecule has 17 heavy (non-hydrogen) atoms. The van der Waals surface area contributed by atoms with Crippen molar-refractivity contribution in [1.82, 2.24) is 9.78 Å². The predicted molar refractivity (Wildman–Crippen MR) is 62.2 cm³/mol. The van der Waals surface area contributed by atoms with Crippen molar-refractivity contribution in [2.24, 2.45) is 0 Å². The Morgan fingerprint density at radius 3 is 2.53 bits per heavy atom. The Kier molecular flexibility index (Phi) is 2.78. The second-order valence-electron chi connectivity index (χ2n) is 4.61. The first-order valence-electron chi connectivity index (χ1n) is 5.58. The van der Waals surface area contributed by atoms with Gasteiger partial charge in [-0.2, -0.15) is 5.10 Å². The van der Waals surface area contributed by atoms with E-state index in [1.165, 1.54) is 0 Å². The smallest absolute Gasteiger partial charge is 0.333 e. The van der Waals surface area contributed by atoms with Gasteiger partial charge in [0.25, 0.3) is 0 Å². The number of aryl methyl sites for hydroxylation is 1. The van der Waals surface area contributed by atoms with Crippen molar-refractivity contribution in [3.8, 4) is 0 Å². The van der Waals surface area contributed by atoms with Gasteiger partial charge in [-0.3, -0.25) is 10.1 Å². The highest BCUT2D eigenvalue weighted by Crippen LogP contribution is 2.35. The first-order valence-corrected chi connectivity index (χ1v) is 5.58. The Morgan fingerprint density at radius 2 is 2.12 bits per heavy atom. The summed E-state index contributed by atoms with van der Waals surface area (Å²) in [5, 5.41) is 24.6. The molecule has 2 rings (SSSR count). The lowest BCUT2D eigenvalue weighted by Crippen LogP contribution is -2.51. The summed E-state index contributed by atoms with van der Waals surface area (Å²) < 4.78 is 1.65. The Bertz CT molecular complexity index is 449. The quantitative estimate of drug-likeness (QED) is 0.625. The molecule has 1 aliphatic heterocycles. The van der Waals surface area contributed by atoms with Crippen LogP contribution in [0.3, 0.4) is 0 Å². The average molecular weight is 240 g/mol. The molecule has 1 N–H and O–H groups in total. The Hall–Kier alpha value is -1.63. The van der Waals surface area contributed by atoms with Gasteiger partial charge in [-0.15, -0.1) is 0 Å². The number of hydrogen-bond acceptors (Lipinski definition) is 5. The van der Waals surface area contributed by atoms with Crippen molar-refractivity contribution in [2.45, 2.75) is 32.9 Å². The van der Waals surface area contributed by atoms with E-state index in [-0.39, 0.29) is 11.7 Å². The first-order chi connectivity index (χ1) is 7.91. The molecule has 0 amide bonds. The molecule has 0 aliphatic carbocycles. The van der Waals surface area contributed by atoms with Crippen LogP contribution < -0.4 is 4.90 Å². The van der Waals surface area contributed by atoms with Gasteiger partial charge in [-0.1, -0.05) is 0 Å². The van der Waals surface area contributed by atoms with E-state index in [1.807, 2.05) is 13.8 Å². The zero-order valence-corrected chi connectivity index (χ0v) is 10.1. The molecule has 2 heterocycles. The number of nitro groups is 1. The van der Waals surface area contributed by atoms with Gasteiger partial charge in [0.1, 0.15) is 5.69 Å². The molecule has 0 unspecified atom stereocenters. The molecular formula is C10H16N4O3. The van der Waals surface area contributed by atoms with Crippen LogP contribution in [-0.4, -0.2) is 39.0 Å². The predicted octanol–water partition coefficient (Wildman–Crippen LogP) is 0.862. The van der Waals surface area contributed by atoms with Crippen LogP contribution in [0.1, 0.15) is 25.6 Å². The lowest BCUT2D eigenvalue weighted by Gasteiger charge is -2.37. The highest BCUT2D eigenvalue weighted by Gasteiger charge is 2.36. The number of aromatic nitrogens is 2. The highest BCUT2D eigenvalue weighted by molar-refractivity contribution is 5.63. The Labute approximate surface area is 98.8 Å². The SMILES string of the molecule is Cc1nn(C(C)C)c(N2CC(O)C2)c1[N+](=O)[O-]. The van der Waals surface area contributed by atoms with E-state index >= 15 is 0 Å². The lowest BCUT2D eigenvalue weighted by molar-refractivity contribution is -0.384. The average Bonchev–Trinajstić information content (AvgIpc) is 2.50. The Morgan fingerprint density at radius 1 is 1.53 bits per heavy atom. The molecule has 0 bridgehead atoms. The van der Waals surface area contributed by atoms with Crippen LogP contribution in [0.5, 0.6) is 0 Å². The zero-order valence-electron chi connectivity index (χ0n) is 10.1. The summed E-state index contributed by atoms with van der Waals surface area (Å²) in [5.74, 6) is 0.507. The topological polar surface area (TPSA) is 84.4 Å². The van der Waals surface area contributed by atoms with Crippen molar-refractivity contribution in [2.75, 3.05) is 18.0 Å². The molecule has 1 fully saturated rings. The van der Waals surface area contributed by atoms with Gasteiger partial charge < -0.3 is 10.0 Å². The van der Waals surface area contributed by atoms with E-state index in [0.717, 1.165) is 0 Å². The van der Waals surface area contributed by atoms with Gasteiger partial charge in [0.2, 0.25) is 5.82 Å². The third-order valence-corrected chi connectivity index (χ3v) is 2.86. The van der Waals surface area contributed by atoms with Crippen molar-refractivity contribution in [3.63, 3.8) is 0 Å². The molecule has 0 aromatic carbocycles. The molecule has 1 aliphatic rings. The maximum atomic E-state index is 11.1. The summed E-state index contributed by atoms with van der Waals surface area (Å²) in [6.45, 7) is 6.35. The molecular weight excluding hydrogens is 224 g/mol. The molecule has 0 radical (unpaired) electrons. The number of anilines is 1. The number of aliphatic hydroxyl groups excluding tert-OH is 1. The minimum absolute atomic E-state index is 0.0469. The molecule has 0 atom stereocenters. The van der Waals surface area contributed by atoms with Gasteiger partial charge in [0.05, 0.1) is 11.0 Å². The zero-order chi connectivity index (χ0) is 12.7. The van der Waals surface area contributed by atoms with Crippen molar-refractivity contribution in [1.29, 1.82) is 0 Å². The largest absolute Gasteiger partial charge is 0.389 e. The molecule has 94 valence electrons. The molecule has 1 aromatic rings. The fourth-order valence-electron chi connectivity index (χ4n) is 2.02. The van der Waals surface area contributed by atoms with Gasteiger partial charge in [0.15, 0.2) is 0 Å². The van der Waals surface area contributed by atoms with Crippen molar-refractivity contribution < 1.29 is 10.0 Å². The van der Waals surface area contributed by atoms with Crippen LogP contribution in [0, 0.1) is 17.0 Å². The van der Waals surface area contributed by atoms with Crippen LogP contribution in [0.25, 0.3) is 0 Å². The van der Waals surface area contributed by atoms with Crippen LogP contribution in [-0.2, 0) is 0 Å².